The van der Waals surface area contributed by atoms with Gasteiger partial charge in [-0.2, -0.15) is 0 Å². The molecule has 1 saturated carbocycles. The van der Waals surface area contributed by atoms with Gasteiger partial charge in [0.2, 0.25) is 0 Å². The Morgan fingerprint density at radius 3 is 2.60 bits per heavy atom. The molecule has 1 unspecified atom stereocenters. The molecule has 1 aliphatic rings. The predicted molar refractivity (Wildman–Crippen MR) is 80.1 cm³/mol. The van der Waals surface area contributed by atoms with Crippen LogP contribution in [0, 0.1) is 5.82 Å². The second-order valence-corrected chi connectivity index (χ2v) is 5.95. The molecule has 1 N–H and O–H groups in total. The molecule has 1 atom stereocenters. The van der Waals surface area contributed by atoms with Gasteiger partial charge in [0.15, 0.2) is 0 Å². The van der Waals surface area contributed by atoms with Gasteiger partial charge in [0.05, 0.1) is 12.2 Å². The first-order valence-electron chi connectivity index (χ1n) is 7.62. The summed E-state index contributed by atoms with van der Waals surface area (Å²) in [5.74, 6) is -0.203. The Morgan fingerprint density at radius 1 is 1.35 bits per heavy atom. The lowest BCUT2D eigenvalue weighted by atomic mass is 9.73. The van der Waals surface area contributed by atoms with Gasteiger partial charge in [-0.1, -0.05) is 26.2 Å². The van der Waals surface area contributed by atoms with E-state index in [-0.39, 0.29) is 17.4 Å². The Kier molecular flexibility index (Phi) is 5.11. The third-order valence-corrected chi connectivity index (χ3v) is 4.67. The Morgan fingerprint density at radius 2 is 2.05 bits per heavy atom. The number of pyridine rings is 1. The fourth-order valence-electron chi connectivity index (χ4n) is 3.57. The van der Waals surface area contributed by atoms with Crippen LogP contribution >= 0.6 is 0 Å². The smallest absolute Gasteiger partial charge is 0.146 e. The molecule has 0 bridgehead atoms. The summed E-state index contributed by atoms with van der Waals surface area (Å²) in [6.45, 7) is 2.92. The van der Waals surface area contributed by atoms with Gasteiger partial charge < -0.3 is 10.2 Å². The minimum Gasteiger partial charge on any atom is -0.309 e. The second kappa shape index (κ2) is 6.64. The van der Waals surface area contributed by atoms with Crippen molar-refractivity contribution < 1.29 is 4.39 Å². The van der Waals surface area contributed by atoms with E-state index in [1.54, 1.807) is 6.20 Å². The number of rotatable bonds is 5. The Hall–Kier alpha value is -1.00. The van der Waals surface area contributed by atoms with Crippen molar-refractivity contribution in [2.75, 3.05) is 20.6 Å². The maximum absolute atomic E-state index is 14.2. The van der Waals surface area contributed by atoms with Gasteiger partial charge in [0, 0.05) is 17.3 Å². The molecule has 0 amide bonds. The summed E-state index contributed by atoms with van der Waals surface area (Å²) >= 11 is 0. The first-order valence-corrected chi connectivity index (χ1v) is 7.62. The molecular formula is C16H26FN3. The number of nitrogens with one attached hydrogen (secondary N) is 1. The van der Waals surface area contributed by atoms with Crippen molar-refractivity contribution in [1.29, 1.82) is 0 Å². The van der Waals surface area contributed by atoms with E-state index in [1.807, 2.05) is 6.07 Å². The van der Waals surface area contributed by atoms with Crippen LogP contribution in [-0.2, 0) is 0 Å². The highest BCUT2D eigenvalue weighted by molar-refractivity contribution is 5.23. The highest BCUT2D eigenvalue weighted by Gasteiger charge is 2.43. The van der Waals surface area contributed by atoms with E-state index in [9.17, 15) is 4.39 Å². The van der Waals surface area contributed by atoms with Gasteiger partial charge in [0.25, 0.3) is 0 Å². The Labute approximate surface area is 121 Å². The molecule has 0 radical (unpaired) electrons. The molecule has 0 spiro atoms. The van der Waals surface area contributed by atoms with Crippen LogP contribution in [0.15, 0.2) is 18.5 Å². The van der Waals surface area contributed by atoms with Crippen molar-refractivity contribution in [2.24, 2.45) is 0 Å². The van der Waals surface area contributed by atoms with Gasteiger partial charge in [-0.15, -0.1) is 0 Å². The Balaban J connectivity index is 2.42. The Bertz CT molecular complexity index is 427. The van der Waals surface area contributed by atoms with Crippen LogP contribution in [0.2, 0.25) is 0 Å². The van der Waals surface area contributed by atoms with Gasteiger partial charge in [-0.3, -0.25) is 4.98 Å². The minimum atomic E-state index is -0.203. The zero-order chi connectivity index (χ0) is 14.6. The van der Waals surface area contributed by atoms with Crippen molar-refractivity contribution in [3.63, 3.8) is 0 Å². The van der Waals surface area contributed by atoms with Crippen molar-refractivity contribution in [3.05, 3.63) is 29.8 Å². The maximum atomic E-state index is 14.2. The molecule has 20 heavy (non-hydrogen) atoms. The fourth-order valence-corrected chi connectivity index (χ4v) is 3.57. The van der Waals surface area contributed by atoms with E-state index in [0.29, 0.717) is 0 Å². The largest absolute Gasteiger partial charge is 0.309 e. The molecule has 1 aromatic rings. The molecule has 1 aromatic heterocycles. The van der Waals surface area contributed by atoms with E-state index in [2.05, 4.69) is 36.2 Å². The highest BCUT2D eigenvalue weighted by atomic mass is 19.1. The summed E-state index contributed by atoms with van der Waals surface area (Å²) in [5.41, 5.74) is 0.744. The van der Waals surface area contributed by atoms with E-state index in [1.165, 1.54) is 25.5 Å². The number of hydrogen-bond donors (Lipinski definition) is 1. The SMILES string of the molecule is CCNC(c1ccncc1F)C1(N(C)C)CCCCC1. The molecule has 1 aliphatic carbocycles. The zero-order valence-corrected chi connectivity index (χ0v) is 12.8. The van der Waals surface area contributed by atoms with Crippen molar-refractivity contribution >= 4 is 0 Å². The monoisotopic (exact) mass is 279 g/mol. The number of halogens is 1. The summed E-state index contributed by atoms with van der Waals surface area (Å²) in [6.07, 6.45) is 8.95. The van der Waals surface area contributed by atoms with E-state index >= 15 is 0 Å². The van der Waals surface area contributed by atoms with Crippen LogP contribution in [0.1, 0.15) is 50.6 Å². The normalized spacial score (nSPS) is 20.1. The molecule has 1 heterocycles. The van der Waals surface area contributed by atoms with Crippen molar-refractivity contribution in [1.82, 2.24) is 15.2 Å². The summed E-state index contributed by atoms with van der Waals surface area (Å²) in [4.78, 5) is 6.17. The van der Waals surface area contributed by atoms with Crippen LogP contribution in [0.5, 0.6) is 0 Å². The van der Waals surface area contributed by atoms with Crippen molar-refractivity contribution in [2.45, 2.75) is 50.6 Å². The fraction of sp³-hybridized carbons (Fsp3) is 0.688. The molecule has 3 nitrogen and oxygen atoms in total. The number of likely N-dealkylation sites (N-methyl/N-ethyl adjacent to an activating group) is 2. The second-order valence-electron chi connectivity index (χ2n) is 5.95. The van der Waals surface area contributed by atoms with Gasteiger partial charge in [-0.25, -0.2) is 4.39 Å². The maximum Gasteiger partial charge on any atom is 0.146 e. The third kappa shape index (κ3) is 2.86. The minimum absolute atomic E-state index is 0.00352. The average Bonchev–Trinajstić information content (AvgIpc) is 2.46. The van der Waals surface area contributed by atoms with Crippen LogP contribution in [0.25, 0.3) is 0 Å². The first kappa shape index (κ1) is 15.4. The lowest BCUT2D eigenvalue weighted by molar-refractivity contribution is 0.0556. The molecule has 0 aliphatic heterocycles. The van der Waals surface area contributed by atoms with Crippen LogP contribution in [0.4, 0.5) is 4.39 Å². The van der Waals surface area contributed by atoms with E-state index in [0.717, 1.165) is 24.9 Å². The number of hydrogen-bond acceptors (Lipinski definition) is 3. The zero-order valence-electron chi connectivity index (χ0n) is 12.8. The summed E-state index contributed by atoms with van der Waals surface area (Å²) in [6, 6.07) is 1.84. The topological polar surface area (TPSA) is 28.2 Å². The number of aromatic nitrogens is 1. The van der Waals surface area contributed by atoms with Crippen LogP contribution in [0.3, 0.4) is 0 Å². The molecule has 112 valence electrons. The van der Waals surface area contributed by atoms with E-state index in [4.69, 9.17) is 0 Å². The lowest BCUT2D eigenvalue weighted by Crippen LogP contribution is -2.55. The summed E-state index contributed by atoms with van der Waals surface area (Å²) in [5, 5.41) is 3.52. The average molecular weight is 279 g/mol. The van der Waals surface area contributed by atoms with Gasteiger partial charge >= 0.3 is 0 Å². The quantitative estimate of drug-likeness (QED) is 0.897. The lowest BCUT2D eigenvalue weighted by Gasteiger charge is -2.49. The molecular weight excluding hydrogens is 253 g/mol. The summed E-state index contributed by atoms with van der Waals surface area (Å²) in [7, 11) is 4.24. The van der Waals surface area contributed by atoms with E-state index < -0.39 is 0 Å². The predicted octanol–water partition coefficient (Wildman–Crippen LogP) is 3.14. The summed E-state index contributed by atoms with van der Waals surface area (Å²) < 4.78 is 14.2. The van der Waals surface area contributed by atoms with Gasteiger partial charge in [-0.05, 0) is 39.5 Å². The standard InChI is InChI=1S/C16H26FN3/c1-4-19-15(13-8-11-18-12-14(13)17)16(20(2)3)9-6-5-7-10-16/h8,11-12,15,19H,4-7,9-10H2,1-3H3. The van der Waals surface area contributed by atoms with Crippen molar-refractivity contribution in [3.8, 4) is 0 Å². The molecule has 2 rings (SSSR count). The molecule has 4 heteroatoms. The third-order valence-electron chi connectivity index (χ3n) is 4.67. The van der Waals surface area contributed by atoms with Crippen LogP contribution < -0.4 is 5.32 Å². The van der Waals surface area contributed by atoms with Crippen LogP contribution in [-0.4, -0.2) is 36.1 Å². The molecule has 0 aromatic carbocycles. The molecule has 1 fully saturated rings. The molecule has 0 saturated heterocycles. The van der Waals surface area contributed by atoms with Gasteiger partial charge in [0.1, 0.15) is 5.82 Å². The highest BCUT2D eigenvalue weighted by Crippen LogP contribution is 2.42. The first-order chi connectivity index (χ1) is 9.62. The number of nitrogens with zero attached hydrogens (tertiary/aromatic N) is 2.